The molecule has 0 aliphatic rings. The first-order chi connectivity index (χ1) is 11.0. The zero-order valence-corrected chi connectivity index (χ0v) is 14.7. The average molecular weight is 342 g/mol. The molecular weight excluding hydrogens is 325 g/mol. The van der Waals surface area contributed by atoms with Crippen molar-refractivity contribution < 1.29 is 38.2 Å². The summed E-state index contributed by atoms with van der Waals surface area (Å²) < 4.78 is 11.1. The molecule has 0 N–H and O–H groups in total. The van der Waals surface area contributed by atoms with Crippen LogP contribution in [0.2, 0.25) is 5.02 Å². The second-order valence-electron chi connectivity index (χ2n) is 5.44. The zero-order chi connectivity index (χ0) is 16.8. The van der Waals surface area contributed by atoms with Crippen LogP contribution in [0, 0.1) is 5.92 Å². The van der Waals surface area contributed by atoms with Crippen LogP contribution in [0.4, 0.5) is 0 Å². The summed E-state index contributed by atoms with van der Waals surface area (Å²) in [4.78, 5) is 14.8. The van der Waals surface area contributed by atoms with Crippen molar-refractivity contribution in [1.82, 2.24) is 4.98 Å². The van der Waals surface area contributed by atoms with E-state index in [4.69, 9.17) is 21.1 Å². The fraction of sp³-hybridized carbons (Fsp3) is 0.294. The zero-order valence-electron chi connectivity index (χ0n) is 13.9. The number of hydrogen-bond acceptors (Lipinski definition) is 5. The maximum Gasteiger partial charge on any atom is 1.00 e. The van der Waals surface area contributed by atoms with Gasteiger partial charge in [0.1, 0.15) is 17.4 Å². The molecule has 1 aromatic heterocycles. The van der Waals surface area contributed by atoms with E-state index in [2.05, 4.69) is 4.98 Å². The summed E-state index contributed by atoms with van der Waals surface area (Å²) in [7, 11) is 0. The first-order valence-electron chi connectivity index (χ1n) is 7.17. The van der Waals surface area contributed by atoms with Crippen LogP contribution in [0.15, 0.2) is 36.5 Å². The number of ether oxygens (including phenoxy) is 2. The Morgan fingerprint density at radius 2 is 1.92 bits per heavy atom. The van der Waals surface area contributed by atoms with Gasteiger partial charge in [-0.15, -0.1) is 0 Å². The number of rotatable bonds is 7. The van der Waals surface area contributed by atoms with E-state index in [-0.39, 0.29) is 31.0 Å². The summed E-state index contributed by atoms with van der Waals surface area (Å²) in [5.41, 5.74) is 0.955. The van der Waals surface area contributed by atoms with Crippen LogP contribution in [-0.4, -0.2) is 17.6 Å². The van der Waals surface area contributed by atoms with Gasteiger partial charge in [0.25, 0.3) is 0 Å². The topological polar surface area (TPSA) is 71.5 Å². The van der Waals surface area contributed by atoms with Crippen molar-refractivity contribution in [1.29, 1.82) is 0 Å². The molecule has 0 aliphatic heterocycles. The van der Waals surface area contributed by atoms with Gasteiger partial charge >= 0.3 is 18.9 Å². The van der Waals surface area contributed by atoms with Gasteiger partial charge in [0.15, 0.2) is 0 Å². The summed E-state index contributed by atoms with van der Waals surface area (Å²) in [6.45, 7) is 4.89. The molecule has 24 heavy (non-hydrogen) atoms. The van der Waals surface area contributed by atoms with Gasteiger partial charge in [0.05, 0.1) is 18.8 Å². The molecule has 5 nitrogen and oxygen atoms in total. The number of pyridine rings is 1. The normalized spacial score (nSPS) is 10.2. The third-order valence-corrected chi connectivity index (χ3v) is 3.20. The van der Waals surface area contributed by atoms with Gasteiger partial charge in [-0.3, -0.25) is 0 Å². The van der Waals surface area contributed by atoms with E-state index in [1.165, 1.54) is 18.3 Å². The quantitative estimate of drug-likeness (QED) is 0.648. The second kappa shape index (κ2) is 9.58. The van der Waals surface area contributed by atoms with Crippen molar-refractivity contribution in [3.05, 3.63) is 52.7 Å². The van der Waals surface area contributed by atoms with Gasteiger partial charge < -0.3 is 19.4 Å². The predicted octanol–water partition coefficient (Wildman–Crippen LogP) is -0.284. The van der Waals surface area contributed by atoms with Crippen LogP contribution in [-0.2, 0) is 6.61 Å². The van der Waals surface area contributed by atoms with Crippen LogP contribution in [0.25, 0.3) is 0 Å². The molecular formula is C17H17ClLiNO4. The number of halogens is 1. The molecule has 122 valence electrons. The standard InChI is InChI=1S/C17H18ClNO4.Li/c1-11(2)9-23-16-15(18)7-14(8-19-16)22-10-12-3-5-13(6-4-12)17(20)21;/h3-8,11H,9-10H2,1-2H3,(H,20,21);/q;+1/p-1. The van der Waals surface area contributed by atoms with Gasteiger partial charge in [0, 0.05) is 6.07 Å². The van der Waals surface area contributed by atoms with Crippen LogP contribution >= 0.6 is 11.6 Å². The first kappa shape index (κ1) is 20.4. The molecule has 0 unspecified atom stereocenters. The molecule has 1 heterocycles. The number of carbonyl (C=O) groups is 1. The Morgan fingerprint density at radius 1 is 1.25 bits per heavy atom. The van der Waals surface area contributed by atoms with Gasteiger partial charge in [-0.25, -0.2) is 4.98 Å². The van der Waals surface area contributed by atoms with Crippen molar-refractivity contribution >= 4 is 17.6 Å². The minimum Gasteiger partial charge on any atom is -0.545 e. The van der Waals surface area contributed by atoms with Crippen molar-refractivity contribution in [3.63, 3.8) is 0 Å². The molecule has 0 fully saturated rings. The van der Waals surface area contributed by atoms with E-state index >= 15 is 0 Å². The summed E-state index contributed by atoms with van der Waals surface area (Å²) in [6.07, 6.45) is 1.54. The fourth-order valence-corrected chi connectivity index (χ4v) is 1.95. The Kier molecular flexibility index (Phi) is 8.13. The third kappa shape index (κ3) is 6.08. The van der Waals surface area contributed by atoms with Crippen molar-refractivity contribution in [2.24, 2.45) is 5.92 Å². The van der Waals surface area contributed by atoms with Gasteiger partial charge in [-0.1, -0.05) is 49.7 Å². The van der Waals surface area contributed by atoms with Crippen LogP contribution in [0.5, 0.6) is 11.6 Å². The summed E-state index contributed by atoms with van der Waals surface area (Å²) in [5, 5.41) is 11.1. The van der Waals surface area contributed by atoms with Crippen LogP contribution < -0.4 is 33.4 Å². The van der Waals surface area contributed by atoms with Crippen molar-refractivity contribution in [3.8, 4) is 11.6 Å². The number of hydrogen-bond donors (Lipinski definition) is 0. The number of carboxylic acids is 1. The molecule has 0 spiro atoms. The number of aromatic carboxylic acids is 1. The molecule has 0 aliphatic carbocycles. The minimum absolute atomic E-state index is 0. The van der Waals surface area contributed by atoms with E-state index in [9.17, 15) is 9.90 Å². The third-order valence-electron chi connectivity index (χ3n) is 2.93. The predicted molar refractivity (Wildman–Crippen MR) is 84.7 cm³/mol. The fourth-order valence-electron chi connectivity index (χ4n) is 1.74. The Bertz CT molecular complexity index is 677. The second-order valence-corrected chi connectivity index (χ2v) is 5.84. The van der Waals surface area contributed by atoms with E-state index < -0.39 is 5.97 Å². The SMILES string of the molecule is CC(C)COc1ncc(OCc2ccc(C(=O)[O-])cc2)cc1Cl.[Li+]. The molecule has 2 rings (SSSR count). The molecule has 7 heteroatoms. The number of nitrogens with zero attached hydrogens (tertiary/aromatic N) is 1. The molecule has 0 radical (unpaired) electrons. The van der Waals surface area contributed by atoms with E-state index in [1.807, 2.05) is 13.8 Å². The molecule has 0 saturated carbocycles. The van der Waals surface area contributed by atoms with Crippen molar-refractivity contribution in [2.75, 3.05) is 6.61 Å². The average Bonchev–Trinajstić information content (AvgIpc) is 2.52. The molecule has 0 amide bonds. The number of carboxylic acid groups (broad SMARTS) is 1. The summed E-state index contributed by atoms with van der Waals surface area (Å²) in [5.74, 6) is 0.0695. The Hall–Kier alpha value is -1.67. The number of benzene rings is 1. The molecule has 0 bridgehead atoms. The Labute approximate surface area is 158 Å². The monoisotopic (exact) mass is 341 g/mol. The van der Waals surface area contributed by atoms with Gasteiger partial charge in [-0.05, 0) is 17.0 Å². The smallest absolute Gasteiger partial charge is 0.545 e. The molecule has 1 aromatic carbocycles. The maximum atomic E-state index is 10.7. The minimum atomic E-state index is -1.20. The molecule has 0 atom stereocenters. The molecule has 0 saturated heterocycles. The number of carbonyl (C=O) groups excluding carboxylic acids is 1. The van der Waals surface area contributed by atoms with Crippen LogP contribution in [0.1, 0.15) is 29.8 Å². The first-order valence-corrected chi connectivity index (χ1v) is 7.55. The Balaban J connectivity index is 0.00000288. The summed E-state index contributed by atoms with van der Waals surface area (Å²) >= 11 is 6.11. The summed E-state index contributed by atoms with van der Waals surface area (Å²) in [6, 6.07) is 7.92. The van der Waals surface area contributed by atoms with Gasteiger partial charge in [0.2, 0.25) is 5.88 Å². The van der Waals surface area contributed by atoms with Crippen LogP contribution in [0.3, 0.4) is 0 Å². The van der Waals surface area contributed by atoms with E-state index in [0.29, 0.717) is 29.2 Å². The largest absolute Gasteiger partial charge is 1.00 e. The van der Waals surface area contributed by atoms with E-state index in [1.54, 1.807) is 18.2 Å². The van der Waals surface area contributed by atoms with Crippen molar-refractivity contribution in [2.45, 2.75) is 20.5 Å². The van der Waals surface area contributed by atoms with E-state index in [0.717, 1.165) is 5.56 Å². The molecule has 2 aromatic rings. The Morgan fingerprint density at radius 3 is 2.46 bits per heavy atom. The van der Waals surface area contributed by atoms with Gasteiger partial charge in [-0.2, -0.15) is 0 Å². The number of aromatic nitrogens is 1. The maximum absolute atomic E-state index is 10.7.